The molecule has 3 radical (unpaired) electrons. The molecule has 0 bridgehead atoms. The first kappa shape index (κ1) is 53.6. The topological polar surface area (TPSA) is 0 Å². The predicted molar refractivity (Wildman–Crippen MR) is 0 cm³/mol. The Morgan fingerprint density at radius 2 is 0.333 bits per heavy atom. The summed E-state index contributed by atoms with van der Waals surface area (Å²) in [5, 5.41) is 0. The van der Waals surface area contributed by atoms with Gasteiger partial charge in [0.2, 0.25) is 0 Å². The van der Waals surface area contributed by atoms with Gasteiger partial charge in [0.15, 0.2) is 0 Å². The van der Waals surface area contributed by atoms with Crippen molar-refractivity contribution < 1.29 is 117 Å². The van der Waals surface area contributed by atoms with Crippen molar-refractivity contribution in [1.82, 2.24) is 0 Å². The maximum atomic E-state index is 0. The molecule has 6 heteroatoms. The fourth-order valence-corrected chi connectivity index (χ4v) is 0. The standard InChI is InChI=1S/3Ag.3Ni. The van der Waals surface area contributed by atoms with Gasteiger partial charge in [-0.25, -0.2) is 0 Å². The van der Waals surface area contributed by atoms with Crippen LogP contribution < -0.4 is 0 Å². The van der Waals surface area contributed by atoms with E-state index in [1.54, 1.807) is 0 Å². The number of rotatable bonds is 0. The summed E-state index contributed by atoms with van der Waals surface area (Å²) < 4.78 is 0. The summed E-state index contributed by atoms with van der Waals surface area (Å²) in [6.07, 6.45) is 0. The van der Waals surface area contributed by atoms with Crippen molar-refractivity contribution in [2.24, 2.45) is 0 Å². The third-order valence-electron chi connectivity index (χ3n) is 0. The molecule has 0 fully saturated rings. The number of hydrogen-bond acceptors (Lipinski definition) is 0. The third-order valence-corrected chi connectivity index (χ3v) is 0. The molecule has 0 aliphatic carbocycles. The molecule has 0 aromatic heterocycles. The molecule has 0 heterocycles. The van der Waals surface area contributed by atoms with Gasteiger partial charge in [-0.05, 0) is 0 Å². The fraction of sp³-hybridized carbons (Fsp3) is 0. The Bertz CT molecular complexity index is 6.00. The van der Waals surface area contributed by atoms with E-state index in [9.17, 15) is 0 Å². The summed E-state index contributed by atoms with van der Waals surface area (Å²) in [5.41, 5.74) is 0. The molecule has 0 aromatic rings. The number of hydrogen-bond donors (Lipinski definition) is 0. The average molecular weight is 500 g/mol. The fourth-order valence-electron chi connectivity index (χ4n) is 0. The first-order valence-electron chi connectivity index (χ1n) is 0. The molecular formula is Ag3Ni3. The Hall–Kier alpha value is 3.70. The van der Waals surface area contributed by atoms with Crippen molar-refractivity contribution in [3.8, 4) is 0 Å². The summed E-state index contributed by atoms with van der Waals surface area (Å²) in [6, 6.07) is 0. The molecule has 0 spiro atoms. The van der Waals surface area contributed by atoms with Crippen molar-refractivity contribution in [2.45, 2.75) is 0 Å². The van der Waals surface area contributed by atoms with E-state index in [0.717, 1.165) is 0 Å². The molecule has 0 nitrogen and oxygen atoms in total. The van der Waals surface area contributed by atoms with Crippen LogP contribution >= 0.6 is 0 Å². The van der Waals surface area contributed by atoms with Crippen LogP contribution in [0.5, 0.6) is 0 Å². The van der Waals surface area contributed by atoms with E-state index < -0.39 is 0 Å². The molecule has 0 amide bonds. The monoisotopic (exact) mass is 495 g/mol. The minimum Gasteiger partial charge on any atom is 0 e. The minimum absolute atomic E-state index is 0. The summed E-state index contributed by atoms with van der Waals surface area (Å²) in [4.78, 5) is 0. The van der Waals surface area contributed by atoms with Crippen molar-refractivity contribution >= 4 is 0 Å². The smallest absolute Gasteiger partial charge is 0 e. The molecule has 0 aliphatic heterocycles. The molecular weight excluding hydrogens is 500 g/mol. The van der Waals surface area contributed by atoms with Crippen molar-refractivity contribution in [1.29, 1.82) is 0 Å². The van der Waals surface area contributed by atoms with E-state index in [1.165, 1.54) is 0 Å². The van der Waals surface area contributed by atoms with Crippen molar-refractivity contribution in [2.75, 3.05) is 0 Å². The third kappa shape index (κ3) is 25.2. The molecule has 0 N–H and O–H groups in total. The van der Waals surface area contributed by atoms with Gasteiger partial charge in [-0.1, -0.05) is 0 Å². The first-order valence-corrected chi connectivity index (χ1v) is 0. The molecule has 0 aromatic carbocycles. The van der Waals surface area contributed by atoms with Gasteiger partial charge >= 0.3 is 0 Å². The SMILES string of the molecule is [Ag].[Ag].[Ag].[Ni].[Ni].[Ni]. The van der Waals surface area contributed by atoms with Crippen LogP contribution in [-0.2, 0) is 117 Å². The Morgan fingerprint density at radius 1 is 0.333 bits per heavy atom. The van der Waals surface area contributed by atoms with Gasteiger partial charge in [-0.3, -0.25) is 0 Å². The van der Waals surface area contributed by atoms with Gasteiger partial charge in [0, 0.05) is 117 Å². The Morgan fingerprint density at radius 3 is 0.333 bits per heavy atom. The van der Waals surface area contributed by atoms with E-state index in [4.69, 9.17) is 0 Å². The van der Waals surface area contributed by atoms with Gasteiger partial charge in [-0.2, -0.15) is 0 Å². The van der Waals surface area contributed by atoms with Gasteiger partial charge in [0.25, 0.3) is 0 Å². The predicted octanol–water partition coefficient (Wildman–Crippen LogP) is -0.0150. The second-order valence-electron chi connectivity index (χ2n) is 0. The van der Waals surface area contributed by atoms with E-state index in [0.29, 0.717) is 0 Å². The Kier molecular flexibility index (Phi) is 337. The Balaban J connectivity index is 0. The van der Waals surface area contributed by atoms with Crippen LogP contribution in [0.3, 0.4) is 0 Å². The minimum atomic E-state index is 0. The van der Waals surface area contributed by atoms with Gasteiger partial charge < -0.3 is 0 Å². The summed E-state index contributed by atoms with van der Waals surface area (Å²) in [5.74, 6) is 0. The van der Waals surface area contributed by atoms with Crippen LogP contribution in [0.1, 0.15) is 0 Å². The van der Waals surface area contributed by atoms with E-state index in [2.05, 4.69) is 0 Å². The molecule has 0 saturated heterocycles. The summed E-state index contributed by atoms with van der Waals surface area (Å²) in [6.45, 7) is 0. The largest absolute Gasteiger partial charge is 0 e. The van der Waals surface area contributed by atoms with E-state index >= 15 is 0 Å². The molecule has 6 heavy (non-hydrogen) atoms. The van der Waals surface area contributed by atoms with E-state index in [-0.39, 0.29) is 117 Å². The average Bonchev–Trinajstić information content (AvgIpc) is 0. The molecule has 0 atom stereocenters. The van der Waals surface area contributed by atoms with Crippen LogP contribution in [0, 0.1) is 0 Å². The zero-order valence-corrected chi connectivity index (χ0v) is 9.26. The van der Waals surface area contributed by atoms with Crippen LogP contribution in [0.4, 0.5) is 0 Å². The zero-order valence-electron chi connectivity index (χ0n) is 1.85. The second kappa shape index (κ2) is 37.7. The molecule has 0 aliphatic rings. The van der Waals surface area contributed by atoms with Gasteiger partial charge in [-0.15, -0.1) is 0 Å². The van der Waals surface area contributed by atoms with Crippen LogP contribution in [0.15, 0.2) is 0 Å². The Labute approximate surface area is 114 Å². The molecule has 0 unspecified atom stereocenters. The normalized spacial score (nSPS) is 0. The van der Waals surface area contributed by atoms with Crippen LogP contribution in [0.25, 0.3) is 0 Å². The molecule has 63 valence electrons. The van der Waals surface area contributed by atoms with Crippen LogP contribution in [0.2, 0.25) is 0 Å². The second-order valence-corrected chi connectivity index (χ2v) is 0. The molecule has 0 saturated carbocycles. The maximum absolute atomic E-state index is 0. The summed E-state index contributed by atoms with van der Waals surface area (Å²) >= 11 is 0. The molecule has 0 rings (SSSR count). The zero-order chi connectivity index (χ0) is 0. The van der Waals surface area contributed by atoms with Crippen LogP contribution in [-0.4, -0.2) is 0 Å². The van der Waals surface area contributed by atoms with Crippen molar-refractivity contribution in [3.05, 3.63) is 0 Å². The van der Waals surface area contributed by atoms with Gasteiger partial charge in [0.05, 0.1) is 0 Å². The van der Waals surface area contributed by atoms with E-state index in [1.807, 2.05) is 0 Å². The van der Waals surface area contributed by atoms with Crippen molar-refractivity contribution in [3.63, 3.8) is 0 Å². The quantitative estimate of drug-likeness (QED) is 0.412. The van der Waals surface area contributed by atoms with Gasteiger partial charge in [0.1, 0.15) is 0 Å². The maximum Gasteiger partial charge on any atom is 0 e. The summed E-state index contributed by atoms with van der Waals surface area (Å²) in [7, 11) is 0. The first-order chi connectivity index (χ1) is 0.